The van der Waals surface area contributed by atoms with E-state index >= 15 is 0 Å². The van der Waals surface area contributed by atoms with Crippen LogP contribution in [0.15, 0.2) is 83.0 Å². The molecule has 0 bridgehead atoms. The SMILES string of the molecule is COc1cccc(CN2C(=O)NC(c3cccc(F)c3)C(c3nc(-c4cccc(C)c4)no3)=C2C)c1. The fourth-order valence-electron chi connectivity index (χ4n) is 4.37. The van der Waals surface area contributed by atoms with Crippen molar-refractivity contribution in [2.24, 2.45) is 0 Å². The summed E-state index contributed by atoms with van der Waals surface area (Å²) in [7, 11) is 1.60. The molecular formula is C28H25FN4O3. The fraction of sp³-hybridized carbons (Fsp3) is 0.179. The molecule has 2 amide bonds. The second-order valence-corrected chi connectivity index (χ2v) is 8.67. The number of nitrogens with zero attached hydrogens (tertiary/aromatic N) is 3. The number of halogens is 1. The van der Waals surface area contributed by atoms with Crippen molar-refractivity contribution in [1.82, 2.24) is 20.4 Å². The normalized spacial score (nSPS) is 15.7. The molecule has 1 aliphatic rings. The van der Waals surface area contributed by atoms with Crippen LogP contribution in [0.25, 0.3) is 17.0 Å². The molecule has 8 heteroatoms. The van der Waals surface area contributed by atoms with Crippen LogP contribution in [0.3, 0.4) is 0 Å². The molecule has 0 aliphatic carbocycles. The van der Waals surface area contributed by atoms with Crippen LogP contribution in [0.5, 0.6) is 5.75 Å². The van der Waals surface area contributed by atoms with E-state index in [0.29, 0.717) is 35.0 Å². The third kappa shape index (κ3) is 4.57. The van der Waals surface area contributed by atoms with Gasteiger partial charge in [-0.2, -0.15) is 4.98 Å². The van der Waals surface area contributed by atoms with Gasteiger partial charge in [-0.15, -0.1) is 0 Å². The Morgan fingerprint density at radius 1 is 1.06 bits per heavy atom. The summed E-state index contributed by atoms with van der Waals surface area (Å²) in [6, 6.07) is 20.5. The van der Waals surface area contributed by atoms with Crippen LogP contribution in [-0.2, 0) is 6.54 Å². The van der Waals surface area contributed by atoms with Crippen LogP contribution >= 0.6 is 0 Å². The van der Waals surface area contributed by atoms with Crippen molar-refractivity contribution in [2.75, 3.05) is 7.11 Å². The Bertz CT molecular complexity index is 1460. The van der Waals surface area contributed by atoms with Gasteiger partial charge in [0.25, 0.3) is 5.89 Å². The highest BCUT2D eigenvalue weighted by Crippen LogP contribution is 2.38. The average molecular weight is 485 g/mol. The van der Waals surface area contributed by atoms with Gasteiger partial charge in [0.1, 0.15) is 11.6 Å². The highest BCUT2D eigenvalue weighted by atomic mass is 19.1. The average Bonchev–Trinajstić information content (AvgIpc) is 3.36. The van der Waals surface area contributed by atoms with Crippen molar-refractivity contribution in [3.8, 4) is 17.1 Å². The summed E-state index contributed by atoms with van der Waals surface area (Å²) in [4.78, 5) is 19.5. The lowest BCUT2D eigenvalue weighted by Gasteiger charge is -2.35. The summed E-state index contributed by atoms with van der Waals surface area (Å²) in [5.41, 5.74) is 4.59. The molecule has 1 aromatic heterocycles. The highest BCUT2D eigenvalue weighted by molar-refractivity contribution is 5.86. The Hall–Kier alpha value is -4.46. The number of carbonyl (C=O) groups excluding carboxylic acids is 1. The maximum absolute atomic E-state index is 14.1. The van der Waals surface area contributed by atoms with E-state index in [1.54, 1.807) is 24.1 Å². The summed E-state index contributed by atoms with van der Waals surface area (Å²) in [6.45, 7) is 4.12. The molecule has 0 spiro atoms. The minimum atomic E-state index is -0.666. The molecule has 7 nitrogen and oxygen atoms in total. The predicted molar refractivity (Wildman–Crippen MR) is 133 cm³/mol. The zero-order valence-electron chi connectivity index (χ0n) is 20.2. The number of urea groups is 1. The van der Waals surface area contributed by atoms with Gasteiger partial charge in [0, 0.05) is 11.3 Å². The first kappa shape index (κ1) is 23.3. The lowest BCUT2D eigenvalue weighted by atomic mass is 9.94. The molecule has 1 aliphatic heterocycles. The van der Waals surface area contributed by atoms with Crippen LogP contribution in [-0.4, -0.2) is 28.2 Å². The summed E-state index contributed by atoms with van der Waals surface area (Å²) in [5.74, 6) is 0.991. The Labute approximate surface area is 208 Å². The number of rotatable bonds is 6. The van der Waals surface area contributed by atoms with Gasteiger partial charge in [-0.05, 0) is 55.3 Å². The van der Waals surface area contributed by atoms with Gasteiger partial charge < -0.3 is 14.6 Å². The van der Waals surface area contributed by atoms with E-state index in [9.17, 15) is 9.18 Å². The lowest BCUT2D eigenvalue weighted by molar-refractivity contribution is 0.203. The Kier molecular flexibility index (Phi) is 6.25. The first-order valence-corrected chi connectivity index (χ1v) is 11.5. The summed E-state index contributed by atoms with van der Waals surface area (Å²) in [6.07, 6.45) is 0. The molecule has 5 rings (SSSR count). The molecule has 36 heavy (non-hydrogen) atoms. The third-order valence-corrected chi connectivity index (χ3v) is 6.19. The molecular weight excluding hydrogens is 459 g/mol. The number of aryl methyl sites for hydroxylation is 1. The maximum atomic E-state index is 14.1. The summed E-state index contributed by atoms with van der Waals surface area (Å²) < 4.78 is 25.2. The van der Waals surface area contributed by atoms with E-state index in [1.165, 1.54) is 12.1 Å². The van der Waals surface area contributed by atoms with Crippen molar-refractivity contribution < 1.29 is 18.4 Å². The topological polar surface area (TPSA) is 80.5 Å². The predicted octanol–water partition coefficient (Wildman–Crippen LogP) is 5.89. The van der Waals surface area contributed by atoms with E-state index in [2.05, 4.69) is 15.5 Å². The molecule has 0 saturated carbocycles. The zero-order valence-corrected chi connectivity index (χ0v) is 20.2. The van der Waals surface area contributed by atoms with Gasteiger partial charge >= 0.3 is 6.03 Å². The molecule has 1 unspecified atom stereocenters. The lowest BCUT2D eigenvalue weighted by Crippen LogP contribution is -2.45. The standard InChI is InChI=1S/C28H25FN4O3/c1-17-7-4-10-21(13-17)26-31-27(36-32-26)24-18(2)33(16-19-8-5-12-23(14-19)35-3)28(34)30-25(24)20-9-6-11-22(29)15-20/h4-15,25H,16H2,1-3H3,(H,30,34). The van der Waals surface area contributed by atoms with E-state index in [0.717, 1.165) is 16.7 Å². The zero-order chi connectivity index (χ0) is 25.2. The van der Waals surface area contributed by atoms with Gasteiger partial charge in [-0.25, -0.2) is 9.18 Å². The maximum Gasteiger partial charge on any atom is 0.322 e. The Morgan fingerprint density at radius 3 is 2.64 bits per heavy atom. The van der Waals surface area contributed by atoms with Gasteiger partial charge in [-0.1, -0.05) is 53.2 Å². The molecule has 0 radical (unpaired) electrons. The summed E-state index contributed by atoms with van der Waals surface area (Å²) in [5, 5.41) is 7.19. The van der Waals surface area contributed by atoms with Crippen LogP contribution < -0.4 is 10.1 Å². The summed E-state index contributed by atoms with van der Waals surface area (Å²) >= 11 is 0. The first-order chi connectivity index (χ1) is 17.4. The molecule has 0 saturated heterocycles. The van der Waals surface area contributed by atoms with Crippen molar-refractivity contribution in [3.63, 3.8) is 0 Å². The molecule has 0 fully saturated rings. The van der Waals surface area contributed by atoms with E-state index < -0.39 is 11.9 Å². The highest BCUT2D eigenvalue weighted by Gasteiger charge is 2.36. The minimum absolute atomic E-state index is 0.258. The third-order valence-electron chi connectivity index (χ3n) is 6.19. The molecule has 1 atom stereocenters. The van der Waals surface area contributed by atoms with Gasteiger partial charge in [0.15, 0.2) is 0 Å². The minimum Gasteiger partial charge on any atom is -0.497 e. The van der Waals surface area contributed by atoms with E-state index in [-0.39, 0.29) is 11.9 Å². The second-order valence-electron chi connectivity index (χ2n) is 8.67. The molecule has 3 aromatic carbocycles. The van der Waals surface area contributed by atoms with Crippen molar-refractivity contribution in [1.29, 1.82) is 0 Å². The number of benzene rings is 3. The smallest absolute Gasteiger partial charge is 0.322 e. The fourth-order valence-corrected chi connectivity index (χ4v) is 4.37. The Balaban J connectivity index is 1.60. The molecule has 2 heterocycles. The van der Waals surface area contributed by atoms with Gasteiger partial charge in [0.05, 0.1) is 25.3 Å². The van der Waals surface area contributed by atoms with Crippen LogP contribution in [0.4, 0.5) is 9.18 Å². The number of amides is 2. The molecule has 1 N–H and O–H groups in total. The van der Waals surface area contributed by atoms with Gasteiger partial charge in [-0.3, -0.25) is 4.90 Å². The first-order valence-electron chi connectivity index (χ1n) is 11.5. The number of carbonyl (C=O) groups is 1. The van der Waals surface area contributed by atoms with E-state index in [1.807, 2.05) is 62.4 Å². The van der Waals surface area contributed by atoms with Crippen LogP contribution in [0.2, 0.25) is 0 Å². The quantitative estimate of drug-likeness (QED) is 0.369. The Morgan fingerprint density at radius 2 is 1.86 bits per heavy atom. The number of ether oxygens (including phenoxy) is 1. The molecule has 182 valence electrons. The van der Waals surface area contributed by atoms with Crippen molar-refractivity contribution in [2.45, 2.75) is 26.4 Å². The van der Waals surface area contributed by atoms with Crippen molar-refractivity contribution in [3.05, 3.63) is 107 Å². The largest absolute Gasteiger partial charge is 0.497 e. The monoisotopic (exact) mass is 484 g/mol. The number of aromatic nitrogens is 2. The van der Waals surface area contributed by atoms with Crippen LogP contribution in [0.1, 0.15) is 35.5 Å². The number of allylic oxidation sites excluding steroid dienone is 1. The van der Waals surface area contributed by atoms with Crippen molar-refractivity contribution >= 4 is 11.6 Å². The number of hydrogen-bond acceptors (Lipinski definition) is 5. The number of hydrogen-bond donors (Lipinski definition) is 1. The van der Waals surface area contributed by atoms with E-state index in [4.69, 9.17) is 9.26 Å². The number of nitrogens with one attached hydrogen (secondary N) is 1. The second kappa shape index (κ2) is 9.65. The number of methoxy groups -OCH3 is 1. The molecule has 4 aromatic rings. The van der Waals surface area contributed by atoms with Gasteiger partial charge in [0.2, 0.25) is 5.82 Å². The van der Waals surface area contributed by atoms with Crippen LogP contribution in [0, 0.1) is 12.7 Å².